The van der Waals surface area contributed by atoms with Gasteiger partial charge in [0.1, 0.15) is 11.9 Å². The molecule has 1 N–H and O–H groups in total. The van der Waals surface area contributed by atoms with Crippen LogP contribution in [0, 0.1) is 5.82 Å². The van der Waals surface area contributed by atoms with E-state index in [0.29, 0.717) is 36.8 Å². The van der Waals surface area contributed by atoms with Crippen LogP contribution in [0.1, 0.15) is 11.6 Å². The second kappa shape index (κ2) is 9.03. The largest absolute Gasteiger partial charge is 0.468 e. The molecule has 148 valence electrons. The zero-order chi connectivity index (χ0) is 20.1. The first-order chi connectivity index (χ1) is 13.5. The Bertz CT molecular complexity index is 856. The lowest BCUT2D eigenvalue weighted by Gasteiger charge is -2.38. The second-order valence-electron chi connectivity index (χ2n) is 6.38. The molecule has 6 nitrogen and oxygen atoms in total. The normalized spacial score (nSPS) is 15.8. The minimum atomic E-state index is -0.643. The van der Waals surface area contributed by atoms with Crippen molar-refractivity contribution in [3.05, 3.63) is 64.9 Å². The van der Waals surface area contributed by atoms with Gasteiger partial charge in [-0.25, -0.2) is 14.0 Å². The Kier molecular flexibility index (Phi) is 6.49. The first-order valence-corrected chi connectivity index (χ1v) is 9.26. The van der Waals surface area contributed by atoms with Crippen LogP contribution in [0.4, 0.5) is 14.9 Å². The molecule has 2 aromatic carbocycles. The number of rotatable bonds is 4. The topological polar surface area (TPSA) is 61.9 Å². The monoisotopic (exact) mass is 405 g/mol. The Morgan fingerprint density at radius 2 is 1.71 bits per heavy atom. The summed E-state index contributed by atoms with van der Waals surface area (Å²) in [7, 11) is 1.34. The summed E-state index contributed by atoms with van der Waals surface area (Å²) in [4.78, 5) is 28.3. The molecule has 0 unspecified atom stereocenters. The summed E-state index contributed by atoms with van der Waals surface area (Å²) in [5.41, 5.74) is 0.804. The van der Waals surface area contributed by atoms with E-state index in [2.05, 4.69) is 5.32 Å². The van der Waals surface area contributed by atoms with E-state index in [1.807, 2.05) is 11.0 Å². The van der Waals surface area contributed by atoms with E-state index in [0.717, 1.165) is 0 Å². The minimum absolute atomic E-state index is 0.137. The van der Waals surface area contributed by atoms with Crippen LogP contribution in [-0.4, -0.2) is 55.1 Å². The molecule has 8 heteroatoms. The highest BCUT2D eigenvalue weighted by Crippen LogP contribution is 2.29. The predicted molar refractivity (Wildman–Crippen MR) is 105 cm³/mol. The van der Waals surface area contributed by atoms with Crippen molar-refractivity contribution in [3.8, 4) is 0 Å². The molecule has 0 aliphatic carbocycles. The zero-order valence-corrected chi connectivity index (χ0v) is 16.2. The Morgan fingerprint density at radius 3 is 2.36 bits per heavy atom. The van der Waals surface area contributed by atoms with Crippen LogP contribution in [0.25, 0.3) is 0 Å². The first kappa shape index (κ1) is 20.1. The standard InChI is InChI=1S/C20H21ClFN3O3/c1-28-19(26)18(14-6-2-3-7-15(14)21)24-10-12-25(13-11-24)20(27)23-17-9-5-4-8-16(17)22/h2-9,18H,10-13H2,1H3,(H,23,27)/t18-/m0/s1. The SMILES string of the molecule is COC(=O)[C@H](c1ccccc1Cl)N1CCN(C(=O)Nc2ccccc2F)CC1. The lowest BCUT2D eigenvalue weighted by molar-refractivity contribution is -0.148. The zero-order valence-electron chi connectivity index (χ0n) is 15.4. The fourth-order valence-electron chi connectivity index (χ4n) is 3.22. The molecule has 2 aromatic rings. The van der Waals surface area contributed by atoms with Gasteiger partial charge in [-0.3, -0.25) is 4.90 Å². The average molecular weight is 406 g/mol. The highest BCUT2D eigenvalue weighted by molar-refractivity contribution is 6.31. The van der Waals surface area contributed by atoms with E-state index < -0.39 is 17.8 Å². The molecule has 1 heterocycles. The van der Waals surface area contributed by atoms with Gasteiger partial charge in [-0.15, -0.1) is 0 Å². The van der Waals surface area contributed by atoms with E-state index in [1.165, 1.54) is 19.2 Å². The molecule has 1 atom stereocenters. The number of methoxy groups -OCH3 is 1. The molecule has 1 saturated heterocycles. The highest BCUT2D eigenvalue weighted by Gasteiger charge is 2.33. The van der Waals surface area contributed by atoms with Gasteiger partial charge in [0.05, 0.1) is 12.8 Å². The van der Waals surface area contributed by atoms with Crippen LogP contribution in [0.5, 0.6) is 0 Å². The average Bonchev–Trinajstić information content (AvgIpc) is 2.71. The Morgan fingerprint density at radius 1 is 1.07 bits per heavy atom. The van der Waals surface area contributed by atoms with Crippen LogP contribution in [0.2, 0.25) is 5.02 Å². The Hall–Kier alpha value is -2.64. The highest BCUT2D eigenvalue weighted by atomic mass is 35.5. The lowest BCUT2D eigenvalue weighted by Crippen LogP contribution is -2.52. The number of carbonyl (C=O) groups is 2. The number of nitrogens with zero attached hydrogens (tertiary/aromatic N) is 2. The molecule has 0 saturated carbocycles. The summed E-state index contributed by atoms with van der Waals surface area (Å²) in [5.74, 6) is -0.892. The molecule has 28 heavy (non-hydrogen) atoms. The maximum Gasteiger partial charge on any atom is 0.327 e. The van der Waals surface area contributed by atoms with Crippen molar-refractivity contribution in [3.63, 3.8) is 0 Å². The second-order valence-corrected chi connectivity index (χ2v) is 6.79. The molecule has 1 aliphatic rings. The van der Waals surface area contributed by atoms with Gasteiger partial charge in [-0.1, -0.05) is 41.9 Å². The number of carbonyl (C=O) groups excluding carboxylic acids is 2. The molecular formula is C20H21ClFN3O3. The Balaban J connectivity index is 1.67. The molecule has 0 bridgehead atoms. The summed E-state index contributed by atoms with van der Waals surface area (Å²) in [6.45, 7) is 1.68. The fraction of sp³-hybridized carbons (Fsp3) is 0.300. The molecule has 0 aromatic heterocycles. The van der Waals surface area contributed by atoms with Gasteiger partial charge in [-0.2, -0.15) is 0 Å². The summed E-state index contributed by atoms with van der Waals surface area (Å²) in [5, 5.41) is 3.06. The van der Waals surface area contributed by atoms with Gasteiger partial charge in [0.15, 0.2) is 0 Å². The summed E-state index contributed by atoms with van der Waals surface area (Å²) in [6.07, 6.45) is 0. The van der Waals surface area contributed by atoms with Crippen molar-refractivity contribution in [1.82, 2.24) is 9.80 Å². The van der Waals surface area contributed by atoms with E-state index in [4.69, 9.17) is 16.3 Å². The molecular weight excluding hydrogens is 385 g/mol. The lowest BCUT2D eigenvalue weighted by atomic mass is 10.0. The maximum atomic E-state index is 13.7. The van der Waals surface area contributed by atoms with Gasteiger partial charge >= 0.3 is 12.0 Å². The van der Waals surface area contributed by atoms with Crippen LogP contribution >= 0.6 is 11.6 Å². The van der Waals surface area contributed by atoms with Gasteiger partial charge in [0, 0.05) is 31.2 Å². The van der Waals surface area contributed by atoms with Crippen molar-refractivity contribution >= 4 is 29.3 Å². The van der Waals surface area contributed by atoms with Gasteiger partial charge < -0.3 is 15.0 Å². The molecule has 2 amide bonds. The molecule has 3 rings (SSSR count). The van der Waals surface area contributed by atoms with Crippen molar-refractivity contribution in [1.29, 1.82) is 0 Å². The molecule has 0 radical (unpaired) electrons. The summed E-state index contributed by atoms with van der Waals surface area (Å²) >= 11 is 6.28. The fourth-order valence-corrected chi connectivity index (χ4v) is 3.46. The van der Waals surface area contributed by atoms with Crippen LogP contribution in [0.15, 0.2) is 48.5 Å². The first-order valence-electron chi connectivity index (χ1n) is 8.88. The number of piperazine rings is 1. The van der Waals surface area contributed by atoms with E-state index >= 15 is 0 Å². The van der Waals surface area contributed by atoms with Crippen molar-refractivity contribution in [2.24, 2.45) is 0 Å². The maximum absolute atomic E-state index is 13.7. The van der Waals surface area contributed by atoms with Gasteiger partial charge in [0.25, 0.3) is 0 Å². The third-order valence-corrected chi connectivity index (χ3v) is 5.05. The molecule has 0 spiro atoms. The van der Waals surface area contributed by atoms with Crippen LogP contribution in [0.3, 0.4) is 0 Å². The van der Waals surface area contributed by atoms with E-state index in [-0.39, 0.29) is 11.7 Å². The minimum Gasteiger partial charge on any atom is -0.468 e. The number of hydrogen-bond acceptors (Lipinski definition) is 4. The quantitative estimate of drug-likeness (QED) is 0.790. The molecule has 1 fully saturated rings. The van der Waals surface area contributed by atoms with Gasteiger partial charge in [0.2, 0.25) is 0 Å². The number of para-hydroxylation sites is 1. The van der Waals surface area contributed by atoms with Crippen LogP contribution < -0.4 is 5.32 Å². The number of amides is 2. The number of nitrogens with one attached hydrogen (secondary N) is 1. The van der Waals surface area contributed by atoms with Crippen molar-refractivity contribution in [2.75, 3.05) is 38.6 Å². The van der Waals surface area contributed by atoms with E-state index in [9.17, 15) is 14.0 Å². The van der Waals surface area contributed by atoms with Crippen molar-refractivity contribution < 1.29 is 18.7 Å². The smallest absolute Gasteiger partial charge is 0.327 e. The summed E-state index contributed by atoms with van der Waals surface area (Å²) in [6, 6.07) is 12.1. The van der Waals surface area contributed by atoms with Crippen molar-refractivity contribution in [2.45, 2.75) is 6.04 Å². The number of hydrogen-bond donors (Lipinski definition) is 1. The number of esters is 1. The number of urea groups is 1. The number of ether oxygens (including phenoxy) is 1. The summed E-state index contributed by atoms with van der Waals surface area (Å²) < 4.78 is 18.7. The van der Waals surface area contributed by atoms with E-state index in [1.54, 1.807) is 35.2 Å². The number of benzene rings is 2. The van der Waals surface area contributed by atoms with Crippen LogP contribution in [-0.2, 0) is 9.53 Å². The third kappa shape index (κ3) is 4.43. The number of anilines is 1. The Labute approximate surface area is 167 Å². The molecule has 1 aliphatic heterocycles. The number of halogens is 2. The predicted octanol–water partition coefficient (Wildman–Crippen LogP) is 3.54. The van der Waals surface area contributed by atoms with Gasteiger partial charge in [-0.05, 0) is 23.8 Å². The third-order valence-electron chi connectivity index (χ3n) is 4.71.